The summed E-state index contributed by atoms with van der Waals surface area (Å²) in [5, 5.41) is 2.24. The lowest BCUT2D eigenvalue weighted by molar-refractivity contribution is 0.0365. The Balaban J connectivity index is 1.62. The van der Waals surface area contributed by atoms with Crippen LogP contribution in [0, 0.1) is 6.92 Å². The molecule has 3 aromatic rings. The molecule has 4 rings (SSSR count). The van der Waals surface area contributed by atoms with Crippen molar-refractivity contribution in [3.63, 3.8) is 0 Å². The highest BCUT2D eigenvalue weighted by atomic mass is 35.5. The zero-order valence-corrected chi connectivity index (χ0v) is 17.3. The summed E-state index contributed by atoms with van der Waals surface area (Å²) in [6, 6.07) is 8.96. The van der Waals surface area contributed by atoms with Crippen LogP contribution < -0.4 is 0 Å². The maximum absolute atomic E-state index is 12.9. The number of aromatic nitrogens is 1. The fourth-order valence-corrected chi connectivity index (χ4v) is 5.12. The minimum Gasteiger partial charge on any atom is -0.379 e. The van der Waals surface area contributed by atoms with Gasteiger partial charge in [-0.05, 0) is 25.1 Å². The maximum Gasteiger partial charge on any atom is 0.203 e. The minimum absolute atomic E-state index is 0.0212. The third-order valence-electron chi connectivity index (χ3n) is 4.97. The van der Waals surface area contributed by atoms with Gasteiger partial charge >= 0.3 is 0 Å². The summed E-state index contributed by atoms with van der Waals surface area (Å²) in [7, 11) is 0. The number of carbonyl (C=O) groups excluding carboxylic acids is 1. The molecule has 7 heteroatoms. The molecular weight excluding hydrogens is 403 g/mol. The number of nitrogens with zero attached hydrogens (tertiary/aromatic N) is 2. The van der Waals surface area contributed by atoms with E-state index >= 15 is 0 Å². The SMILES string of the molecule is Cc1c(Cl)c2cc(C(=O)c3cccc(Cl)c3)sc2n1CCN1CCOCC1. The molecule has 142 valence electrons. The number of hydrogen-bond acceptors (Lipinski definition) is 4. The Morgan fingerprint density at radius 2 is 1.96 bits per heavy atom. The van der Waals surface area contributed by atoms with Crippen molar-refractivity contribution in [2.75, 3.05) is 32.8 Å². The summed E-state index contributed by atoms with van der Waals surface area (Å²) >= 11 is 14.1. The summed E-state index contributed by atoms with van der Waals surface area (Å²) in [6.45, 7) is 7.32. The number of carbonyl (C=O) groups is 1. The second kappa shape index (κ2) is 7.94. The molecule has 0 aliphatic carbocycles. The molecule has 0 unspecified atom stereocenters. The summed E-state index contributed by atoms with van der Waals surface area (Å²) in [4.78, 5) is 17.0. The molecule has 0 saturated carbocycles. The Morgan fingerprint density at radius 1 is 1.19 bits per heavy atom. The van der Waals surface area contributed by atoms with Crippen molar-refractivity contribution in [2.24, 2.45) is 0 Å². The largest absolute Gasteiger partial charge is 0.379 e. The molecule has 27 heavy (non-hydrogen) atoms. The van der Waals surface area contributed by atoms with Gasteiger partial charge in [-0.3, -0.25) is 9.69 Å². The van der Waals surface area contributed by atoms with Crippen LogP contribution in [0.2, 0.25) is 10.0 Å². The van der Waals surface area contributed by atoms with E-state index in [0.29, 0.717) is 15.5 Å². The Hall–Kier alpha value is -1.37. The van der Waals surface area contributed by atoms with Crippen molar-refractivity contribution >= 4 is 50.5 Å². The molecule has 0 spiro atoms. The molecule has 0 atom stereocenters. The van der Waals surface area contributed by atoms with Crippen molar-refractivity contribution in [3.05, 3.63) is 56.5 Å². The van der Waals surface area contributed by atoms with E-state index in [1.165, 1.54) is 11.3 Å². The van der Waals surface area contributed by atoms with Gasteiger partial charge in [0, 0.05) is 47.8 Å². The third kappa shape index (κ3) is 3.80. The van der Waals surface area contributed by atoms with E-state index in [-0.39, 0.29) is 5.78 Å². The maximum atomic E-state index is 12.9. The summed E-state index contributed by atoms with van der Waals surface area (Å²) in [6.07, 6.45) is 0. The second-order valence-electron chi connectivity index (χ2n) is 6.67. The smallest absolute Gasteiger partial charge is 0.203 e. The van der Waals surface area contributed by atoms with Crippen LogP contribution in [0.5, 0.6) is 0 Å². The zero-order valence-electron chi connectivity index (χ0n) is 15.0. The van der Waals surface area contributed by atoms with E-state index in [0.717, 1.165) is 60.3 Å². The van der Waals surface area contributed by atoms with Gasteiger partial charge in [-0.2, -0.15) is 0 Å². The number of halogens is 2. The lowest BCUT2D eigenvalue weighted by Crippen LogP contribution is -2.38. The number of hydrogen-bond donors (Lipinski definition) is 0. The molecule has 4 nitrogen and oxygen atoms in total. The van der Waals surface area contributed by atoms with Gasteiger partial charge in [-0.1, -0.05) is 35.3 Å². The molecule has 0 N–H and O–H groups in total. The molecule has 1 saturated heterocycles. The Labute approximate surface area is 172 Å². The summed E-state index contributed by atoms with van der Waals surface area (Å²) in [5.74, 6) is -0.0212. The standard InChI is InChI=1S/C20H20Cl2N2O2S/c1-13-18(22)16-12-17(19(25)14-3-2-4-15(21)11-14)27-20(16)24(13)6-5-23-7-9-26-10-8-23/h2-4,11-12H,5-10H2,1H3. The summed E-state index contributed by atoms with van der Waals surface area (Å²) in [5.41, 5.74) is 1.65. The summed E-state index contributed by atoms with van der Waals surface area (Å²) < 4.78 is 7.64. The lowest BCUT2D eigenvalue weighted by atomic mass is 10.1. The molecule has 0 amide bonds. The van der Waals surface area contributed by atoms with Gasteiger partial charge < -0.3 is 9.30 Å². The Bertz CT molecular complexity index is 989. The highest BCUT2D eigenvalue weighted by molar-refractivity contribution is 7.20. The van der Waals surface area contributed by atoms with E-state index < -0.39 is 0 Å². The first kappa shape index (κ1) is 19.0. The fourth-order valence-electron chi connectivity index (χ4n) is 3.42. The van der Waals surface area contributed by atoms with E-state index in [9.17, 15) is 4.79 Å². The average molecular weight is 423 g/mol. The van der Waals surface area contributed by atoms with Crippen molar-refractivity contribution in [3.8, 4) is 0 Å². The van der Waals surface area contributed by atoms with Crippen LogP contribution in [0.4, 0.5) is 0 Å². The number of thiophene rings is 1. The zero-order chi connectivity index (χ0) is 19.0. The molecule has 3 heterocycles. The second-order valence-corrected chi connectivity index (χ2v) is 8.52. The van der Waals surface area contributed by atoms with Gasteiger partial charge in [-0.25, -0.2) is 0 Å². The predicted molar refractivity (Wildman–Crippen MR) is 112 cm³/mol. The first-order valence-corrected chi connectivity index (χ1v) is 10.5. The highest BCUT2D eigenvalue weighted by Gasteiger charge is 2.20. The lowest BCUT2D eigenvalue weighted by Gasteiger charge is -2.26. The number of morpholine rings is 1. The van der Waals surface area contributed by atoms with Crippen LogP contribution in [0.25, 0.3) is 10.2 Å². The third-order valence-corrected chi connectivity index (χ3v) is 6.84. The molecule has 0 bridgehead atoms. The quantitative estimate of drug-likeness (QED) is 0.549. The number of fused-ring (bicyclic) bond motifs is 1. The number of benzene rings is 1. The molecular formula is C20H20Cl2N2O2S. The van der Waals surface area contributed by atoms with E-state index in [2.05, 4.69) is 9.47 Å². The molecule has 2 aromatic heterocycles. The Morgan fingerprint density at radius 3 is 2.70 bits per heavy atom. The van der Waals surface area contributed by atoms with Crippen molar-refractivity contribution in [1.29, 1.82) is 0 Å². The van der Waals surface area contributed by atoms with Crippen LogP contribution in [0.1, 0.15) is 20.9 Å². The Kier molecular flexibility index (Phi) is 5.58. The van der Waals surface area contributed by atoms with Crippen LogP contribution >= 0.6 is 34.5 Å². The molecule has 1 aromatic carbocycles. The van der Waals surface area contributed by atoms with E-state index in [1.54, 1.807) is 24.3 Å². The van der Waals surface area contributed by atoms with Crippen LogP contribution in [0.15, 0.2) is 30.3 Å². The van der Waals surface area contributed by atoms with Gasteiger partial charge in [-0.15, -0.1) is 11.3 Å². The average Bonchev–Trinajstić information content (AvgIpc) is 3.20. The number of ether oxygens (including phenoxy) is 1. The van der Waals surface area contributed by atoms with E-state index in [1.807, 2.05) is 13.0 Å². The first-order valence-electron chi connectivity index (χ1n) is 8.93. The topological polar surface area (TPSA) is 34.5 Å². The van der Waals surface area contributed by atoms with Crippen molar-refractivity contribution in [1.82, 2.24) is 9.47 Å². The van der Waals surface area contributed by atoms with Gasteiger partial charge in [0.15, 0.2) is 0 Å². The molecule has 1 fully saturated rings. The van der Waals surface area contributed by atoms with Crippen LogP contribution in [0.3, 0.4) is 0 Å². The van der Waals surface area contributed by atoms with E-state index in [4.69, 9.17) is 27.9 Å². The molecule has 0 radical (unpaired) electrons. The van der Waals surface area contributed by atoms with Gasteiger partial charge in [0.05, 0.1) is 23.1 Å². The van der Waals surface area contributed by atoms with Gasteiger partial charge in [0.1, 0.15) is 4.83 Å². The predicted octanol–water partition coefficient (Wildman–Crippen LogP) is 4.88. The number of rotatable bonds is 5. The van der Waals surface area contributed by atoms with Gasteiger partial charge in [0.2, 0.25) is 5.78 Å². The van der Waals surface area contributed by atoms with Crippen molar-refractivity contribution < 1.29 is 9.53 Å². The normalized spacial score (nSPS) is 15.5. The van der Waals surface area contributed by atoms with Crippen molar-refractivity contribution in [2.45, 2.75) is 13.5 Å². The monoisotopic (exact) mass is 422 g/mol. The van der Waals surface area contributed by atoms with Crippen LogP contribution in [-0.4, -0.2) is 48.1 Å². The minimum atomic E-state index is -0.0212. The highest BCUT2D eigenvalue weighted by Crippen LogP contribution is 2.37. The first-order chi connectivity index (χ1) is 13.0. The van der Waals surface area contributed by atoms with Crippen LogP contribution in [-0.2, 0) is 11.3 Å². The van der Waals surface area contributed by atoms with Gasteiger partial charge in [0.25, 0.3) is 0 Å². The number of ketones is 1. The fraction of sp³-hybridized carbons (Fsp3) is 0.350. The molecule has 1 aliphatic rings. The molecule has 1 aliphatic heterocycles.